The summed E-state index contributed by atoms with van der Waals surface area (Å²) in [5.41, 5.74) is 0.779. The van der Waals surface area contributed by atoms with Gasteiger partial charge >= 0.3 is 63.3 Å². The summed E-state index contributed by atoms with van der Waals surface area (Å²) in [5, 5.41) is 17.7. The van der Waals surface area contributed by atoms with E-state index in [1.807, 2.05) is 0 Å². The number of carboxylic acids is 2. The fourth-order valence-corrected chi connectivity index (χ4v) is 1.41. The van der Waals surface area contributed by atoms with Gasteiger partial charge in [0.1, 0.15) is 0 Å². The monoisotopic (exact) mass is 284 g/mol. The van der Waals surface area contributed by atoms with E-state index >= 15 is 0 Å². The Hall–Kier alpha value is -1.12. The second kappa shape index (κ2) is 6.87. The molecule has 92 valence electrons. The van der Waals surface area contributed by atoms with Gasteiger partial charge in [-0.15, -0.1) is 0 Å². The maximum absolute atomic E-state index is 10.8. The summed E-state index contributed by atoms with van der Waals surface area (Å²) in [5.74, 6) is -2.15. The summed E-state index contributed by atoms with van der Waals surface area (Å²) in [6, 6.07) is 5.40. The fraction of sp³-hybridized carbons (Fsp3) is 0. The first-order chi connectivity index (χ1) is 8.58. The van der Waals surface area contributed by atoms with Crippen LogP contribution in [-0.2, 0) is 0 Å². The Morgan fingerprint density at radius 1 is 0.842 bits per heavy atom. The average molecular weight is 284 g/mol. The van der Waals surface area contributed by atoms with Crippen molar-refractivity contribution >= 4 is 63.3 Å². The molecular weight excluding hydrogens is 275 g/mol. The van der Waals surface area contributed by atoms with Crippen LogP contribution in [-0.4, -0.2) is 83.5 Å². The molecule has 0 amide bonds. The van der Waals surface area contributed by atoms with Gasteiger partial charge in [-0.1, -0.05) is 0 Å². The Kier molecular flexibility index (Phi) is 5.76. The number of hydrogen-bond acceptors (Lipinski definition) is 4. The molecule has 19 heavy (non-hydrogen) atoms. The van der Waals surface area contributed by atoms with E-state index in [9.17, 15) is 9.59 Å². The number of nitrogens with zero attached hydrogens (tertiary/aromatic N) is 2. The Balaban J connectivity index is 0.00000180. The van der Waals surface area contributed by atoms with Crippen LogP contribution >= 0.6 is 0 Å². The van der Waals surface area contributed by atoms with Gasteiger partial charge in [-0.25, -0.2) is 9.59 Å². The van der Waals surface area contributed by atoms with Gasteiger partial charge in [-0.05, 0) is 24.3 Å². The van der Waals surface area contributed by atoms with Crippen molar-refractivity contribution in [1.29, 1.82) is 0 Å². The third-order valence-electron chi connectivity index (χ3n) is 2.28. The minimum atomic E-state index is -1.08. The molecule has 7 heteroatoms. The molecule has 0 aliphatic heterocycles. The number of rotatable bonds is 3. The Labute approximate surface area is 150 Å². The van der Waals surface area contributed by atoms with Crippen molar-refractivity contribution in [1.82, 2.24) is 9.97 Å². The van der Waals surface area contributed by atoms with Crippen molar-refractivity contribution in [2.75, 3.05) is 0 Å². The zero-order valence-corrected chi connectivity index (χ0v) is 9.07. The summed E-state index contributed by atoms with van der Waals surface area (Å²) in [4.78, 5) is 29.6. The minimum absolute atomic E-state index is 0. The Morgan fingerprint density at radius 2 is 1.21 bits per heavy atom. The number of carbonyl (C=O) groups is 2. The van der Waals surface area contributed by atoms with Gasteiger partial charge < -0.3 is 10.2 Å². The third kappa shape index (κ3) is 3.92. The molecule has 0 atom stereocenters. The van der Waals surface area contributed by atoms with Crippen LogP contribution in [0.4, 0.5) is 0 Å². The van der Waals surface area contributed by atoms with Gasteiger partial charge in [0.15, 0.2) is 0 Å². The zero-order valence-electron chi connectivity index (χ0n) is 9.07. The van der Waals surface area contributed by atoms with Crippen molar-refractivity contribution < 1.29 is 19.8 Å². The molecule has 2 rings (SSSR count). The van der Waals surface area contributed by atoms with Crippen LogP contribution in [0.15, 0.2) is 36.7 Å². The summed E-state index contributed by atoms with van der Waals surface area (Å²) < 4.78 is 0. The SMILES string of the molecule is O=C(O)c1ccnc(-c2cc(C(=O)O)ccn2)c1.[KH]. The molecule has 0 aromatic carbocycles. The molecule has 0 saturated heterocycles. The van der Waals surface area contributed by atoms with Crippen LogP contribution in [0.25, 0.3) is 11.4 Å². The van der Waals surface area contributed by atoms with Gasteiger partial charge in [-0.3, -0.25) is 9.97 Å². The molecule has 2 N–H and O–H groups in total. The summed E-state index contributed by atoms with van der Waals surface area (Å²) in [7, 11) is 0. The molecule has 6 nitrogen and oxygen atoms in total. The number of carboxylic acid groups (broad SMARTS) is 2. The quantitative estimate of drug-likeness (QED) is 0.812. The molecule has 0 radical (unpaired) electrons. The Morgan fingerprint density at radius 3 is 1.53 bits per heavy atom. The summed E-state index contributed by atoms with van der Waals surface area (Å²) in [6.07, 6.45) is 2.68. The normalized spacial score (nSPS) is 9.47. The Bertz CT molecular complexity index is 575. The van der Waals surface area contributed by atoms with Crippen LogP contribution in [0, 0.1) is 0 Å². The van der Waals surface area contributed by atoms with E-state index in [1.54, 1.807) is 0 Å². The average Bonchev–Trinajstić information content (AvgIpc) is 2.39. The molecule has 2 heterocycles. The predicted octanol–water partition coefficient (Wildman–Crippen LogP) is 0.891. The van der Waals surface area contributed by atoms with E-state index in [4.69, 9.17) is 10.2 Å². The number of aromatic carboxylic acids is 2. The molecule has 0 saturated carbocycles. The van der Waals surface area contributed by atoms with Crippen LogP contribution in [0.1, 0.15) is 20.7 Å². The fourth-order valence-electron chi connectivity index (χ4n) is 1.41. The first kappa shape index (κ1) is 15.9. The number of pyridine rings is 2. The molecule has 0 spiro atoms. The van der Waals surface area contributed by atoms with Crippen molar-refractivity contribution in [3.63, 3.8) is 0 Å². The van der Waals surface area contributed by atoms with Crippen LogP contribution in [0.2, 0.25) is 0 Å². The van der Waals surface area contributed by atoms with Gasteiger partial charge in [-0.2, -0.15) is 0 Å². The molecule has 0 bridgehead atoms. The third-order valence-corrected chi connectivity index (χ3v) is 2.28. The van der Waals surface area contributed by atoms with Crippen LogP contribution in [0.5, 0.6) is 0 Å². The van der Waals surface area contributed by atoms with Crippen molar-refractivity contribution in [3.05, 3.63) is 47.8 Å². The van der Waals surface area contributed by atoms with E-state index in [0.717, 1.165) is 0 Å². The zero-order chi connectivity index (χ0) is 13.1. The van der Waals surface area contributed by atoms with Crippen molar-refractivity contribution in [2.45, 2.75) is 0 Å². The molecular formula is C12H9KN2O4. The molecule has 0 unspecified atom stereocenters. The van der Waals surface area contributed by atoms with Crippen LogP contribution < -0.4 is 0 Å². The van der Waals surface area contributed by atoms with Gasteiger partial charge in [0.2, 0.25) is 0 Å². The van der Waals surface area contributed by atoms with Gasteiger partial charge in [0.25, 0.3) is 0 Å². The molecule has 2 aromatic rings. The van der Waals surface area contributed by atoms with E-state index < -0.39 is 11.9 Å². The van der Waals surface area contributed by atoms with Crippen LogP contribution in [0.3, 0.4) is 0 Å². The second-order valence-corrected chi connectivity index (χ2v) is 3.47. The van der Waals surface area contributed by atoms with Gasteiger partial charge in [0, 0.05) is 12.4 Å². The predicted molar refractivity (Wildman–Crippen MR) is 68.5 cm³/mol. The molecule has 0 aliphatic rings. The first-order valence-electron chi connectivity index (χ1n) is 4.97. The summed E-state index contributed by atoms with van der Waals surface area (Å²) in [6.45, 7) is 0. The molecule has 0 fully saturated rings. The van der Waals surface area contributed by atoms with Gasteiger partial charge in [0.05, 0.1) is 22.5 Å². The second-order valence-electron chi connectivity index (χ2n) is 3.47. The van der Waals surface area contributed by atoms with E-state index in [-0.39, 0.29) is 62.5 Å². The standard InChI is InChI=1S/C12H8N2O4.K.H/c15-11(16)7-1-3-13-9(5-7)10-6-8(12(17)18)2-4-14-10;;/h1-6H,(H,15,16)(H,17,18);;. The number of aromatic nitrogens is 2. The number of hydrogen-bond donors (Lipinski definition) is 2. The maximum atomic E-state index is 10.8. The molecule has 0 aliphatic carbocycles. The molecule has 2 aromatic heterocycles. The van der Waals surface area contributed by atoms with E-state index in [1.165, 1.54) is 36.7 Å². The summed E-state index contributed by atoms with van der Waals surface area (Å²) >= 11 is 0. The van der Waals surface area contributed by atoms with Crippen molar-refractivity contribution in [3.8, 4) is 11.4 Å². The topological polar surface area (TPSA) is 100 Å². The first-order valence-corrected chi connectivity index (χ1v) is 4.97. The van der Waals surface area contributed by atoms with E-state index in [0.29, 0.717) is 11.4 Å². The van der Waals surface area contributed by atoms with Crippen molar-refractivity contribution in [2.24, 2.45) is 0 Å². The van der Waals surface area contributed by atoms with E-state index in [2.05, 4.69) is 9.97 Å².